The van der Waals surface area contributed by atoms with Crippen LogP contribution in [0.25, 0.3) is 0 Å². The fourth-order valence-corrected chi connectivity index (χ4v) is 6.58. The lowest BCUT2D eigenvalue weighted by atomic mass is 9.71. The van der Waals surface area contributed by atoms with E-state index in [4.69, 9.17) is 15.2 Å². The maximum Gasteiger partial charge on any atom is 0.174 e. The first-order chi connectivity index (χ1) is 15.5. The standard InChI is InChI=1S/C27H30BrNO3/c1-31-25(19-9-5-6-10-19)24-23(17-29)32-27(20-11-13-21(28)14-12-20)22(15-16-26(24,27)30)18-7-3-2-4-8-18/h2-4,7-8,11-14,17,19,22,30H,5-6,9-10,15-16,29H2,1H3/b23-17+,25-24-/t22-,26+,27-/m0/s1. The lowest BCUT2D eigenvalue weighted by Crippen LogP contribution is -2.48. The van der Waals surface area contributed by atoms with Crippen molar-refractivity contribution in [3.63, 3.8) is 0 Å². The number of nitrogens with two attached hydrogens (primary N) is 1. The SMILES string of the molecule is CO/C(=C1/C(=C\N)O[C@@]2(c3ccc(Br)cc3)[C@H](c3ccccc3)CC[C@@]12O)C1CCCC1. The van der Waals surface area contributed by atoms with Crippen LogP contribution in [0.1, 0.15) is 55.6 Å². The van der Waals surface area contributed by atoms with Crippen molar-refractivity contribution in [2.24, 2.45) is 11.7 Å². The van der Waals surface area contributed by atoms with Crippen molar-refractivity contribution in [2.45, 2.75) is 55.6 Å². The van der Waals surface area contributed by atoms with E-state index in [-0.39, 0.29) is 11.8 Å². The first-order valence-electron chi connectivity index (χ1n) is 11.5. The van der Waals surface area contributed by atoms with Crippen molar-refractivity contribution < 1.29 is 14.6 Å². The van der Waals surface area contributed by atoms with Crippen molar-refractivity contribution in [1.29, 1.82) is 0 Å². The van der Waals surface area contributed by atoms with E-state index in [1.165, 1.54) is 19.0 Å². The molecule has 0 unspecified atom stereocenters. The van der Waals surface area contributed by atoms with Crippen LogP contribution in [0.15, 0.2) is 82.4 Å². The Morgan fingerprint density at radius 1 is 1.09 bits per heavy atom. The van der Waals surface area contributed by atoms with Crippen molar-refractivity contribution >= 4 is 15.9 Å². The molecule has 0 radical (unpaired) electrons. The van der Waals surface area contributed by atoms with Gasteiger partial charge in [0.2, 0.25) is 0 Å². The molecule has 2 aliphatic carbocycles. The largest absolute Gasteiger partial charge is 0.500 e. The lowest BCUT2D eigenvalue weighted by molar-refractivity contribution is -0.0963. The van der Waals surface area contributed by atoms with E-state index >= 15 is 0 Å². The summed E-state index contributed by atoms with van der Waals surface area (Å²) in [7, 11) is 1.71. The highest BCUT2D eigenvalue weighted by atomic mass is 79.9. The fraction of sp³-hybridized carbons (Fsp3) is 0.407. The highest BCUT2D eigenvalue weighted by Gasteiger charge is 2.70. The first kappa shape index (κ1) is 21.6. The van der Waals surface area contributed by atoms with Gasteiger partial charge in [-0.2, -0.15) is 0 Å². The molecule has 5 heteroatoms. The summed E-state index contributed by atoms with van der Waals surface area (Å²) in [5, 5.41) is 12.6. The highest BCUT2D eigenvalue weighted by molar-refractivity contribution is 9.10. The van der Waals surface area contributed by atoms with E-state index in [1.807, 2.05) is 30.3 Å². The van der Waals surface area contributed by atoms with Crippen LogP contribution in [0.2, 0.25) is 0 Å². The van der Waals surface area contributed by atoms with Gasteiger partial charge < -0.3 is 20.3 Å². The van der Waals surface area contributed by atoms with Crippen LogP contribution in [0, 0.1) is 5.92 Å². The topological polar surface area (TPSA) is 64.7 Å². The predicted molar refractivity (Wildman–Crippen MR) is 129 cm³/mol. The number of benzene rings is 2. The van der Waals surface area contributed by atoms with Gasteiger partial charge >= 0.3 is 0 Å². The Morgan fingerprint density at radius 2 is 1.78 bits per heavy atom. The molecule has 168 valence electrons. The molecule has 1 aliphatic heterocycles. The first-order valence-corrected chi connectivity index (χ1v) is 12.3. The van der Waals surface area contributed by atoms with Gasteiger partial charge in [-0.1, -0.05) is 71.2 Å². The van der Waals surface area contributed by atoms with Gasteiger partial charge in [0.15, 0.2) is 5.60 Å². The maximum atomic E-state index is 12.6. The number of rotatable bonds is 4. The second-order valence-corrected chi connectivity index (χ2v) is 10.1. The zero-order chi connectivity index (χ0) is 22.3. The van der Waals surface area contributed by atoms with Gasteiger partial charge in [0.25, 0.3) is 0 Å². The summed E-state index contributed by atoms with van der Waals surface area (Å²) >= 11 is 3.55. The fourth-order valence-electron chi connectivity index (χ4n) is 6.31. The molecule has 3 N–H and O–H groups in total. The normalized spacial score (nSPS) is 32.7. The zero-order valence-electron chi connectivity index (χ0n) is 18.4. The van der Waals surface area contributed by atoms with Gasteiger partial charge in [-0.05, 0) is 48.9 Å². The molecule has 0 spiro atoms. The minimum atomic E-state index is -1.24. The van der Waals surface area contributed by atoms with Crippen molar-refractivity contribution in [3.8, 4) is 0 Å². The molecule has 2 aromatic rings. The smallest absolute Gasteiger partial charge is 0.174 e. The summed E-state index contributed by atoms with van der Waals surface area (Å²) in [6, 6.07) is 18.5. The number of methoxy groups -OCH3 is 1. The van der Waals surface area contributed by atoms with Crippen molar-refractivity contribution in [1.82, 2.24) is 0 Å². The summed E-state index contributed by atoms with van der Waals surface area (Å²) in [5.41, 5.74) is 6.77. The predicted octanol–water partition coefficient (Wildman–Crippen LogP) is 5.87. The number of halogens is 1. The molecule has 2 saturated carbocycles. The van der Waals surface area contributed by atoms with E-state index in [9.17, 15) is 5.11 Å². The van der Waals surface area contributed by atoms with Crippen LogP contribution in [-0.2, 0) is 15.1 Å². The number of hydrogen-bond acceptors (Lipinski definition) is 4. The molecule has 32 heavy (non-hydrogen) atoms. The molecular weight excluding hydrogens is 466 g/mol. The van der Waals surface area contributed by atoms with E-state index in [0.717, 1.165) is 46.2 Å². The summed E-state index contributed by atoms with van der Waals surface area (Å²) in [6.07, 6.45) is 7.37. The quantitative estimate of drug-likeness (QED) is 0.520. The van der Waals surface area contributed by atoms with Gasteiger partial charge in [0.1, 0.15) is 17.1 Å². The Kier molecular flexibility index (Phi) is 5.58. The summed E-state index contributed by atoms with van der Waals surface area (Å²) < 4.78 is 13.8. The van der Waals surface area contributed by atoms with Crippen LogP contribution in [0.5, 0.6) is 0 Å². The summed E-state index contributed by atoms with van der Waals surface area (Å²) in [5.74, 6) is 1.65. The van der Waals surface area contributed by atoms with Gasteiger partial charge in [-0.25, -0.2) is 0 Å². The van der Waals surface area contributed by atoms with Crippen molar-refractivity contribution in [2.75, 3.05) is 7.11 Å². The van der Waals surface area contributed by atoms with Crippen molar-refractivity contribution in [3.05, 3.63) is 93.5 Å². The minimum Gasteiger partial charge on any atom is -0.500 e. The second-order valence-electron chi connectivity index (χ2n) is 9.16. The Labute approximate surface area is 198 Å². The molecule has 5 rings (SSSR count). The molecule has 0 bridgehead atoms. The van der Waals surface area contributed by atoms with E-state index in [0.29, 0.717) is 12.2 Å². The number of ether oxygens (including phenoxy) is 2. The Hall–Kier alpha value is -2.24. The Morgan fingerprint density at radius 3 is 2.41 bits per heavy atom. The highest BCUT2D eigenvalue weighted by Crippen LogP contribution is 2.66. The average molecular weight is 496 g/mol. The molecule has 4 nitrogen and oxygen atoms in total. The molecule has 1 saturated heterocycles. The zero-order valence-corrected chi connectivity index (χ0v) is 20.0. The molecule has 3 atom stereocenters. The van der Waals surface area contributed by atoms with Crippen LogP contribution < -0.4 is 5.73 Å². The molecule has 3 fully saturated rings. The minimum absolute atomic E-state index is 0.0241. The van der Waals surface area contributed by atoms with E-state index in [2.05, 4.69) is 40.2 Å². The Bertz CT molecular complexity index is 1040. The van der Waals surface area contributed by atoms with Crippen LogP contribution >= 0.6 is 15.9 Å². The molecule has 0 aromatic heterocycles. The third-order valence-electron chi connectivity index (χ3n) is 7.65. The van der Waals surface area contributed by atoms with Crippen LogP contribution in [0.4, 0.5) is 0 Å². The van der Waals surface area contributed by atoms with Crippen LogP contribution in [-0.4, -0.2) is 17.8 Å². The lowest BCUT2D eigenvalue weighted by Gasteiger charge is -2.40. The third kappa shape index (κ3) is 3.05. The van der Waals surface area contributed by atoms with Crippen LogP contribution in [0.3, 0.4) is 0 Å². The summed E-state index contributed by atoms with van der Waals surface area (Å²) in [6.45, 7) is 0. The third-order valence-corrected chi connectivity index (χ3v) is 8.18. The number of fused-ring (bicyclic) bond motifs is 1. The maximum absolute atomic E-state index is 12.6. The molecule has 1 heterocycles. The van der Waals surface area contributed by atoms with Gasteiger partial charge in [-0.3, -0.25) is 0 Å². The monoisotopic (exact) mass is 495 g/mol. The Balaban J connectivity index is 1.77. The second kappa shape index (κ2) is 8.27. The molecule has 2 aromatic carbocycles. The number of hydrogen-bond donors (Lipinski definition) is 2. The summed E-state index contributed by atoms with van der Waals surface area (Å²) in [4.78, 5) is 0. The van der Waals surface area contributed by atoms with Gasteiger partial charge in [0, 0.05) is 22.5 Å². The van der Waals surface area contributed by atoms with Gasteiger partial charge in [-0.15, -0.1) is 0 Å². The molecule has 0 amide bonds. The number of aliphatic hydroxyl groups is 1. The molecule has 3 aliphatic rings. The van der Waals surface area contributed by atoms with E-state index < -0.39 is 11.2 Å². The van der Waals surface area contributed by atoms with E-state index in [1.54, 1.807) is 7.11 Å². The van der Waals surface area contributed by atoms with Gasteiger partial charge in [0.05, 0.1) is 12.7 Å². The number of allylic oxidation sites excluding steroid dienone is 1. The molecular formula is C27H30BrNO3. The average Bonchev–Trinajstić information content (AvgIpc) is 3.50.